The van der Waals surface area contributed by atoms with Crippen LogP contribution in [0.5, 0.6) is 11.5 Å². The first-order valence-electron chi connectivity index (χ1n) is 9.59. The highest BCUT2D eigenvalue weighted by atomic mass is 79.9. The lowest BCUT2D eigenvalue weighted by atomic mass is 10.1. The molecule has 166 valence electrons. The molecule has 0 fully saturated rings. The summed E-state index contributed by atoms with van der Waals surface area (Å²) in [6.07, 6.45) is 1.36. The molecule has 3 aromatic carbocycles. The number of nitrogens with zero attached hydrogens (tertiary/aromatic N) is 2. The highest BCUT2D eigenvalue weighted by molar-refractivity contribution is 9.11. The van der Waals surface area contributed by atoms with Crippen LogP contribution >= 0.6 is 31.9 Å². The van der Waals surface area contributed by atoms with Gasteiger partial charge in [-0.05, 0) is 59.3 Å². The standard InChI is InChI=1S/C24H17Br2N3O4/c1-15-5-4-7-16(9-15)24(31)33-23-18(10-19(25)11-20(23)26)13-28-29-22(30)14-32-21-8-3-2-6-17(21)12-27/h2-11,13H,14H2,1H3,(H,29,30)/b28-13+. The first-order valence-corrected chi connectivity index (χ1v) is 11.2. The minimum atomic E-state index is -0.523. The van der Waals surface area contributed by atoms with E-state index in [4.69, 9.17) is 14.7 Å². The number of aryl methyl sites for hydroxylation is 1. The number of nitriles is 1. The summed E-state index contributed by atoms with van der Waals surface area (Å²) in [5.74, 6) is -0.487. The number of esters is 1. The zero-order valence-corrected chi connectivity index (χ0v) is 20.5. The number of hydrazone groups is 1. The lowest BCUT2D eigenvalue weighted by Gasteiger charge is -2.11. The summed E-state index contributed by atoms with van der Waals surface area (Å²) < 4.78 is 12.2. The molecule has 0 radical (unpaired) electrons. The van der Waals surface area contributed by atoms with Crippen LogP contribution in [0.15, 0.2) is 74.7 Å². The van der Waals surface area contributed by atoms with Gasteiger partial charge in [-0.1, -0.05) is 45.8 Å². The number of halogens is 2. The van der Waals surface area contributed by atoms with Gasteiger partial charge in [0.2, 0.25) is 0 Å². The van der Waals surface area contributed by atoms with Crippen LogP contribution in [-0.4, -0.2) is 24.7 Å². The molecule has 0 aromatic heterocycles. The average Bonchev–Trinajstić information content (AvgIpc) is 2.79. The minimum Gasteiger partial charge on any atom is -0.482 e. The number of benzene rings is 3. The third kappa shape index (κ3) is 6.75. The molecule has 33 heavy (non-hydrogen) atoms. The monoisotopic (exact) mass is 569 g/mol. The van der Waals surface area contributed by atoms with Crippen LogP contribution in [0.4, 0.5) is 0 Å². The highest BCUT2D eigenvalue weighted by Crippen LogP contribution is 2.32. The Kier molecular flexibility index (Phi) is 8.35. The van der Waals surface area contributed by atoms with Gasteiger partial charge in [0.15, 0.2) is 12.4 Å². The number of rotatable bonds is 7. The van der Waals surface area contributed by atoms with Gasteiger partial charge in [-0.2, -0.15) is 10.4 Å². The maximum atomic E-state index is 12.6. The van der Waals surface area contributed by atoms with Crippen LogP contribution in [0.25, 0.3) is 0 Å². The predicted octanol–water partition coefficient (Wildman–Crippen LogP) is 5.14. The number of nitrogens with one attached hydrogen (secondary N) is 1. The van der Waals surface area contributed by atoms with E-state index in [1.54, 1.807) is 54.6 Å². The van der Waals surface area contributed by atoms with Gasteiger partial charge in [0, 0.05) is 10.0 Å². The van der Waals surface area contributed by atoms with Gasteiger partial charge in [0.25, 0.3) is 5.91 Å². The molecule has 0 bridgehead atoms. The van der Waals surface area contributed by atoms with Crippen molar-refractivity contribution in [2.45, 2.75) is 6.92 Å². The Labute approximate surface area is 207 Å². The smallest absolute Gasteiger partial charge is 0.343 e. The summed E-state index contributed by atoms with van der Waals surface area (Å²) in [7, 11) is 0. The van der Waals surface area contributed by atoms with Crippen molar-refractivity contribution in [3.05, 3.63) is 91.9 Å². The highest BCUT2D eigenvalue weighted by Gasteiger charge is 2.15. The number of hydrogen-bond acceptors (Lipinski definition) is 6. The van der Waals surface area contributed by atoms with Crippen LogP contribution in [0, 0.1) is 18.3 Å². The van der Waals surface area contributed by atoms with Crippen LogP contribution in [0.1, 0.15) is 27.0 Å². The summed E-state index contributed by atoms with van der Waals surface area (Å²) in [5, 5.41) is 13.0. The van der Waals surface area contributed by atoms with E-state index in [1.807, 2.05) is 19.1 Å². The van der Waals surface area contributed by atoms with E-state index in [1.165, 1.54) is 6.21 Å². The summed E-state index contributed by atoms with van der Waals surface area (Å²) in [6.45, 7) is 1.56. The van der Waals surface area contributed by atoms with Crippen LogP contribution in [0.3, 0.4) is 0 Å². The van der Waals surface area contributed by atoms with E-state index in [9.17, 15) is 9.59 Å². The topological polar surface area (TPSA) is 101 Å². The fourth-order valence-electron chi connectivity index (χ4n) is 2.74. The first-order chi connectivity index (χ1) is 15.9. The third-order valence-corrected chi connectivity index (χ3v) is 5.29. The molecule has 0 heterocycles. The van der Waals surface area contributed by atoms with Gasteiger partial charge in [0.1, 0.15) is 11.8 Å². The number of hydrogen-bond donors (Lipinski definition) is 1. The lowest BCUT2D eigenvalue weighted by Crippen LogP contribution is -2.24. The Balaban J connectivity index is 1.69. The van der Waals surface area contributed by atoms with E-state index in [0.717, 1.165) is 5.56 Å². The number of carbonyl (C=O) groups excluding carboxylic acids is 2. The molecule has 0 saturated heterocycles. The van der Waals surface area contributed by atoms with Crippen molar-refractivity contribution in [3.63, 3.8) is 0 Å². The van der Waals surface area contributed by atoms with Gasteiger partial charge in [0.05, 0.1) is 21.8 Å². The molecule has 1 N–H and O–H groups in total. The van der Waals surface area contributed by atoms with Gasteiger partial charge in [-0.15, -0.1) is 0 Å². The van der Waals surface area contributed by atoms with Gasteiger partial charge >= 0.3 is 5.97 Å². The Morgan fingerprint density at radius 1 is 1.12 bits per heavy atom. The Morgan fingerprint density at radius 3 is 2.67 bits per heavy atom. The number of para-hydroxylation sites is 1. The zero-order valence-electron chi connectivity index (χ0n) is 17.3. The second-order valence-electron chi connectivity index (χ2n) is 6.75. The summed E-state index contributed by atoms with van der Waals surface area (Å²) in [5.41, 5.74) is 4.47. The second kappa shape index (κ2) is 11.4. The van der Waals surface area contributed by atoms with Crippen LogP contribution < -0.4 is 14.9 Å². The molecule has 7 nitrogen and oxygen atoms in total. The van der Waals surface area contributed by atoms with Crippen molar-refractivity contribution >= 4 is 50.0 Å². The fraction of sp³-hybridized carbons (Fsp3) is 0.0833. The SMILES string of the molecule is Cc1cccc(C(=O)Oc2c(Br)cc(Br)cc2/C=N/NC(=O)COc2ccccc2C#N)c1. The van der Waals surface area contributed by atoms with E-state index < -0.39 is 11.9 Å². The zero-order chi connectivity index (χ0) is 23.8. The molecule has 3 aromatic rings. The minimum absolute atomic E-state index is 0.252. The largest absolute Gasteiger partial charge is 0.482 e. The molecule has 0 atom stereocenters. The Bertz CT molecular complexity index is 1270. The third-order valence-electron chi connectivity index (χ3n) is 4.24. The quantitative estimate of drug-likeness (QED) is 0.183. The first kappa shape index (κ1) is 24.2. The summed E-state index contributed by atoms with van der Waals surface area (Å²) >= 11 is 6.78. The number of carbonyl (C=O) groups is 2. The number of amides is 1. The van der Waals surface area contributed by atoms with Gasteiger partial charge < -0.3 is 9.47 Å². The predicted molar refractivity (Wildman–Crippen MR) is 130 cm³/mol. The van der Waals surface area contributed by atoms with Crippen molar-refractivity contribution in [2.24, 2.45) is 5.10 Å². The molecule has 0 spiro atoms. The van der Waals surface area contributed by atoms with Crippen molar-refractivity contribution in [2.75, 3.05) is 6.61 Å². The fourth-order valence-corrected chi connectivity index (χ4v) is 4.08. The van der Waals surface area contributed by atoms with E-state index in [-0.39, 0.29) is 12.4 Å². The maximum Gasteiger partial charge on any atom is 0.343 e. The van der Waals surface area contributed by atoms with Crippen molar-refractivity contribution in [3.8, 4) is 17.6 Å². The average molecular weight is 571 g/mol. The van der Waals surface area contributed by atoms with Crippen molar-refractivity contribution in [1.82, 2.24) is 5.43 Å². The van der Waals surface area contributed by atoms with Crippen LogP contribution in [0.2, 0.25) is 0 Å². The lowest BCUT2D eigenvalue weighted by molar-refractivity contribution is -0.123. The number of ether oxygens (including phenoxy) is 2. The molecule has 0 unspecified atom stereocenters. The molecule has 9 heteroatoms. The molecule has 0 aliphatic rings. The van der Waals surface area contributed by atoms with E-state index in [0.29, 0.717) is 31.4 Å². The Hall–Kier alpha value is -3.48. The molecule has 1 amide bonds. The molecule has 0 saturated carbocycles. The van der Waals surface area contributed by atoms with Crippen LogP contribution in [-0.2, 0) is 4.79 Å². The molecule has 0 aliphatic carbocycles. The van der Waals surface area contributed by atoms with Crippen molar-refractivity contribution in [1.29, 1.82) is 5.26 Å². The summed E-state index contributed by atoms with van der Waals surface area (Å²) in [4.78, 5) is 24.7. The van der Waals surface area contributed by atoms with Gasteiger partial charge in [-0.3, -0.25) is 4.79 Å². The maximum absolute atomic E-state index is 12.6. The molecule has 3 rings (SSSR count). The normalized spacial score (nSPS) is 10.5. The van der Waals surface area contributed by atoms with E-state index in [2.05, 4.69) is 42.4 Å². The molecule has 0 aliphatic heterocycles. The summed E-state index contributed by atoms with van der Waals surface area (Å²) in [6, 6.07) is 19.1. The molecular weight excluding hydrogens is 554 g/mol. The second-order valence-corrected chi connectivity index (χ2v) is 8.52. The Morgan fingerprint density at radius 2 is 1.91 bits per heavy atom. The van der Waals surface area contributed by atoms with Crippen molar-refractivity contribution < 1.29 is 19.1 Å². The molecular formula is C24H17Br2N3O4. The van der Waals surface area contributed by atoms with E-state index >= 15 is 0 Å². The van der Waals surface area contributed by atoms with Gasteiger partial charge in [-0.25, -0.2) is 10.2 Å².